The van der Waals surface area contributed by atoms with Gasteiger partial charge in [0, 0.05) is 18.8 Å². The highest BCUT2D eigenvalue weighted by atomic mass is 19.1. The summed E-state index contributed by atoms with van der Waals surface area (Å²) < 4.78 is 14.5. The van der Waals surface area contributed by atoms with Crippen molar-refractivity contribution in [1.82, 2.24) is 4.73 Å². The zero-order valence-corrected chi connectivity index (χ0v) is 16.1. The van der Waals surface area contributed by atoms with E-state index in [1.807, 2.05) is 37.3 Å². The summed E-state index contributed by atoms with van der Waals surface area (Å²) in [4.78, 5) is 31.4. The van der Waals surface area contributed by atoms with Gasteiger partial charge in [0.15, 0.2) is 0 Å². The highest BCUT2D eigenvalue weighted by Gasteiger charge is 2.20. The maximum absolute atomic E-state index is 13.6. The summed E-state index contributed by atoms with van der Waals surface area (Å²) >= 11 is 0. The zero-order valence-electron chi connectivity index (χ0n) is 16.1. The summed E-state index contributed by atoms with van der Waals surface area (Å²) in [5, 5.41) is 9.68. The van der Waals surface area contributed by atoms with Crippen molar-refractivity contribution in [2.24, 2.45) is 0 Å². The molecular formula is C22H21FN2O4. The molecule has 3 rings (SSSR count). The van der Waals surface area contributed by atoms with E-state index in [9.17, 15) is 19.1 Å². The molecule has 29 heavy (non-hydrogen) atoms. The number of aryl methyl sites for hydroxylation is 1. The molecule has 3 aromatic rings. The highest BCUT2D eigenvalue weighted by molar-refractivity contribution is 5.95. The van der Waals surface area contributed by atoms with E-state index in [0.717, 1.165) is 16.5 Å². The van der Waals surface area contributed by atoms with Gasteiger partial charge in [-0.2, -0.15) is 4.73 Å². The number of benzene rings is 2. The van der Waals surface area contributed by atoms with Crippen molar-refractivity contribution in [2.75, 3.05) is 11.9 Å². The van der Waals surface area contributed by atoms with Crippen LogP contribution in [0.25, 0.3) is 0 Å². The predicted octanol–water partition coefficient (Wildman–Crippen LogP) is 3.64. The molecule has 0 saturated carbocycles. The maximum atomic E-state index is 13.6. The van der Waals surface area contributed by atoms with E-state index in [1.165, 1.54) is 18.2 Å². The topological polar surface area (TPSA) is 71.8 Å². The fourth-order valence-electron chi connectivity index (χ4n) is 3.06. The standard InChI is InChI=1S/C22H21FN2O4/c1-3-16-11-17(23)9-10-19(16)24(2)20-12-21(26)25(13-18(20)22(27)28)29-14-15-7-5-4-6-8-15/h4-13H,3,14H2,1-2H3,(H,27,28). The number of aromatic nitrogens is 1. The first kappa shape index (κ1) is 20.1. The van der Waals surface area contributed by atoms with Crippen LogP contribution in [0.3, 0.4) is 0 Å². The van der Waals surface area contributed by atoms with E-state index >= 15 is 0 Å². The fraction of sp³-hybridized carbons (Fsp3) is 0.182. The van der Waals surface area contributed by atoms with Crippen LogP contribution in [0.1, 0.15) is 28.4 Å². The lowest BCUT2D eigenvalue weighted by molar-refractivity contribution is 0.0675. The molecule has 0 unspecified atom stereocenters. The van der Waals surface area contributed by atoms with Crippen molar-refractivity contribution in [3.8, 4) is 0 Å². The van der Waals surface area contributed by atoms with Gasteiger partial charge >= 0.3 is 5.97 Å². The minimum atomic E-state index is -1.20. The molecule has 7 heteroatoms. The molecule has 0 spiro atoms. The van der Waals surface area contributed by atoms with Crippen molar-refractivity contribution in [1.29, 1.82) is 0 Å². The Morgan fingerprint density at radius 3 is 2.52 bits per heavy atom. The van der Waals surface area contributed by atoms with Gasteiger partial charge in [-0.3, -0.25) is 4.79 Å². The Hall–Kier alpha value is -3.61. The van der Waals surface area contributed by atoms with Crippen LogP contribution in [0.2, 0.25) is 0 Å². The normalized spacial score (nSPS) is 10.6. The first-order valence-electron chi connectivity index (χ1n) is 9.10. The molecule has 150 valence electrons. The Labute approximate surface area is 167 Å². The molecule has 0 amide bonds. The van der Waals surface area contributed by atoms with Crippen LogP contribution in [0, 0.1) is 5.82 Å². The molecule has 0 atom stereocenters. The number of carbonyl (C=O) groups is 1. The van der Waals surface area contributed by atoms with Crippen molar-refractivity contribution >= 4 is 17.3 Å². The highest BCUT2D eigenvalue weighted by Crippen LogP contribution is 2.29. The van der Waals surface area contributed by atoms with Crippen LogP contribution in [-0.2, 0) is 13.0 Å². The number of carboxylic acids is 1. The number of nitrogens with zero attached hydrogens (tertiary/aromatic N) is 2. The van der Waals surface area contributed by atoms with E-state index in [4.69, 9.17) is 4.84 Å². The minimum Gasteiger partial charge on any atom is -0.478 e. The van der Waals surface area contributed by atoms with Crippen LogP contribution in [0.4, 0.5) is 15.8 Å². The number of hydrogen-bond acceptors (Lipinski definition) is 4. The smallest absolute Gasteiger partial charge is 0.339 e. The molecule has 0 radical (unpaired) electrons. The number of aromatic carboxylic acids is 1. The molecule has 0 aliphatic carbocycles. The van der Waals surface area contributed by atoms with Crippen LogP contribution in [-0.4, -0.2) is 22.9 Å². The molecule has 1 aromatic heterocycles. The van der Waals surface area contributed by atoms with Gasteiger partial charge in [-0.25, -0.2) is 9.18 Å². The van der Waals surface area contributed by atoms with Crippen LogP contribution in [0.5, 0.6) is 0 Å². The molecule has 0 bridgehead atoms. The minimum absolute atomic E-state index is 0.105. The number of anilines is 2. The molecule has 0 fully saturated rings. The molecule has 6 nitrogen and oxygen atoms in total. The number of pyridine rings is 1. The summed E-state index contributed by atoms with van der Waals surface area (Å²) in [6.45, 7) is 1.99. The van der Waals surface area contributed by atoms with E-state index in [2.05, 4.69) is 0 Å². The molecule has 0 aliphatic heterocycles. The summed E-state index contributed by atoms with van der Waals surface area (Å²) in [7, 11) is 1.64. The second-order valence-electron chi connectivity index (χ2n) is 6.49. The molecule has 1 N–H and O–H groups in total. The fourth-order valence-corrected chi connectivity index (χ4v) is 3.06. The van der Waals surface area contributed by atoms with Gasteiger partial charge in [0.05, 0.1) is 11.9 Å². The lowest BCUT2D eigenvalue weighted by Gasteiger charge is -2.24. The van der Waals surface area contributed by atoms with Crippen LogP contribution >= 0.6 is 0 Å². The summed E-state index contributed by atoms with van der Waals surface area (Å²) in [6.07, 6.45) is 1.71. The van der Waals surface area contributed by atoms with Crippen LogP contribution < -0.4 is 15.3 Å². The number of carboxylic acid groups (broad SMARTS) is 1. The Morgan fingerprint density at radius 1 is 1.14 bits per heavy atom. The lowest BCUT2D eigenvalue weighted by Crippen LogP contribution is -2.29. The SMILES string of the molecule is CCc1cc(F)ccc1N(C)c1cc(=O)n(OCc2ccccc2)cc1C(=O)O. The van der Waals surface area contributed by atoms with Gasteiger partial charge in [-0.05, 0) is 35.7 Å². The molecular weight excluding hydrogens is 375 g/mol. The monoisotopic (exact) mass is 396 g/mol. The van der Waals surface area contributed by atoms with Crippen molar-refractivity contribution < 1.29 is 19.1 Å². The number of halogens is 1. The van der Waals surface area contributed by atoms with Crippen molar-refractivity contribution in [2.45, 2.75) is 20.0 Å². The third kappa shape index (κ3) is 4.45. The molecule has 0 saturated heterocycles. The maximum Gasteiger partial charge on any atom is 0.339 e. The third-order valence-corrected chi connectivity index (χ3v) is 4.59. The second kappa shape index (κ2) is 8.60. The number of hydrogen-bond donors (Lipinski definition) is 1. The number of rotatable bonds is 7. The molecule has 2 aromatic carbocycles. The Morgan fingerprint density at radius 2 is 1.86 bits per heavy atom. The lowest BCUT2D eigenvalue weighted by atomic mass is 10.1. The first-order valence-corrected chi connectivity index (χ1v) is 9.10. The van der Waals surface area contributed by atoms with E-state index in [-0.39, 0.29) is 23.7 Å². The van der Waals surface area contributed by atoms with Gasteiger partial charge in [0.2, 0.25) is 0 Å². The summed E-state index contributed by atoms with van der Waals surface area (Å²) in [6, 6.07) is 14.7. The quantitative estimate of drug-likeness (QED) is 0.660. The van der Waals surface area contributed by atoms with E-state index in [1.54, 1.807) is 18.0 Å². The average molecular weight is 396 g/mol. The van der Waals surface area contributed by atoms with Gasteiger partial charge < -0.3 is 14.8 Å². The summed E-state index contributed by atoms with van der Waals surface area (Å²) in [5.74, 6) is -1.58. The van der Waals surface area contributed by atoms with E-state index < -0.39 is 11.5 Å². The Balaban J connectivity index is 1.98. The van der Waals surface area contributed by atoms with Crippen LogP contribution in [0.15, 0.2) is 65.6 Å². The van der Waals surface area contributed by atoms with Gasteiger partial charge in [-0.15, -0.1) is 0 Å². The third-order valence-electron chi connectivity index (χ3n) is 4.59. The predicted molar refractivity (Wildman–Crippen MR) is 108 cm³/mol. The Kier molecular flexibility index (Phi) is 5.97. The second-order valence-corrected chi connectivity index (χ2v) is 6.49. The van der Waals surface area contributed by atoms with Crippen molar-refractivity contribution in [3.63, 3.8) is 0 Å². The van der Waals surface area contributed by atoms with Gasteiger partial charge in [0.25, 0.3) is 5.56 Å². The van der Waals surface area contributed by atoms with Gasteiger partial charge in [0.1, 0.15) is 18.0 Å². The largest absolute Gasteiger partial charge is 0.478 e. The molecule has 1 heterocycles. The van der Waals surface area contributed by atoms with Gasteiger partial charge in [-0.1, -0.05) is 37.3 Å². The average Bonchev–Trinajstić information content (AvgIpc) is 2.72. The molecule has 0 aliphatic rings. The summed E-state index contributed by atoms with van der Waals surface area (Å²) in [5.41, 5.74) is 1.76. The van der Waals surface area contributed by atoms with Crippen molar-refractivity contribution in [3.05, 3.63) is 93.7 Å². The van der Waals surface area contributed by atoms with E-state index in [0.29, 0.717) is 17.7 Å². The zero-order chi connectivity index (χ0) is 21.0. The first-order chi connectivity index (χ1) is 13.9. The Bertz CT molecular complexity index is 1080.